The van der Waals surface area contributed by atoms with Crippen LogP contribution in [0.1, 0.15) is 19.4 Å². The van der Waals surface area contributed by atoms with Gasteiger partial charge in [0.2, 0.25) is 0 Å². The molecule has 2 nitrogen and oxygen atoms in total. The number of halogens is 1. The van der Waals surface area contributed by atoms with Crippen LogP contribution in [0.5, 0.6) is 0 Å². The molecular weight excluding hydrogens is 247 g/mol. The molecule has 4 heteroatoms. The molecule has 0 aliphatic carbocycles. The third-order valence-corrected chi connectivity index (χ3v) is 4.47. The van der Waals surface area contributed by atoms with Crippen LogP contribution in [0.25, 0.3) is 0 Å². The van der Waals surface area contributed by atoms with Crippen molar-refractivity contribution >= 4 is 17.4 Å². The molecule has 1 heterocycles. The van der Waals surface area contributed by atoms with Crippen LogP contribution >= 0.6 is 11.8 Å². The fourth-order valence-electron chi connectivity index (χ4n) is 2.32. The van der Waals surface area contributed by atoms with Gasteiger partial charge in [-0.15, -0.1) is 0 Å². The number of nitrogens with one attached hydrogen (secondary N) is 1. The predicted molar refractivity (Wildman–Crippen MR) is 77.9 cm³/mol. The minimum atomic E-state index is -0.148. The van der Waals surface area contributed by atoms with E-state index >= 15 is 0 Å². The van der Waals surface area contributed by atoms with Crippen molar-refractivity contribution in [2.24, 2.45) is 0 Å². The van der Waals surface area contributed by atoms with Crippen molar-refractivity contribution < 1.29 is 4.39 Å². The standard InChI is InChI=1S/C14H21FN2S/c1-3-16-9-12-8-13(15)4-5-14(12)17-6-7-18-10-11(17)2/h4-5,8,11,16H,3,6-7,9-10H2,1-2H3. The summed E-state index contributed by atoms with van der Waals surface area (Å²) >= 11 is 2.00. The van der Waals surface area contributed by atoms with Crippen LogP contribution in [-0.4, -0.2) is 30.6 Å². The molecule has 1 aliphatic rings. The van der Waals surface area contributed by atoms with E-state index in [0.29, 0.717) is 6.04 Å². The molecule has 1 aliphatic heterocycles. The molecule has 0 saturated carbocycles. The lowest BCUT2D eigenvalue weighted by Crippen LogP contribution is -2.41. The second-order valence-electron chi connectivity index (χ2n) is 4.67. The molecular formula is C14H21FN2S. The van der Waals surface area contributed by atoms with Crippen molar-refractivity contribution in [1.29, 1.82) is 0 Å². The molecule has 100 valence electrons. The van der Waals surface area contributed by atoms with Crippen molar-refractivity contribution in [1.82, 2.24) is 5.32 Å². The molecule has 1 aromatic carbocycles. The van der Waals surface area contributed by atoms with Gasteiger partial charge in [-0.3, -0.25) is 0 Å². The molecule has 2 rings (SSSR count). The van der Waals surface area contributed by atoms with Gasteiger partial charge < -0.3 is 10.2 Å². The minimum absolute atomic E-state index is 0.148. The van der Waals surface area contributed by atoms with E-state index in [9.17, 15) is 4.39 Å². The van der Waals surface area contributed by atoms with Crippen LogP contribution in [0.3, 0.4) is 0 Å². The average molecular weight is 268 g/mol. The molecule has 0 spiro atoms. The van der Waals surface area contributed by atoms with E-state index < -0.39 is 0 Å². The van der Waals surface area contributed by atoms with Crippen molar-refractivity contribution in [3.8, 4) is 0 Å². The van der Waals surface area contributed by atoms with E-state index in [1.165, 1.54) is 5.69 Å². The Morgan fingerprint density at radius 2 is 2.33 bits per heavy atom. The van der Waals surface area contributed by atoms with Crippen molar-refractivity contribution in [2.75, 3.05) is 29.5 Å². The van der Waals surface area contributed by atoms with Crippen LogP contribution in [-0.2, 0) is 6.54 Å². The first-order valence-corrected chi connectivity index (χ1v) is 7.71. The number of benzene rings is 1. The highest BCUT2D eigenvalue weighted by atomic mass is 32.2. The lowest BCUT2D eigenvalue weighted by atomic mass is 10.1. The van der Waals surface area contributed by atoms with E-state index in [-0.39, 0.29) is 5.82 Å². The Kier molecular flexibility index (Phi) is 4.89. The minimum Gasteiger partial charge on any atom is -0.367 e. The Morgan fingerprint density at radius 1 is 1.50 bits per heavy atom. The van der Waals surface area contributed by atoms with Crippen LogP contribution in [0.2, 0.25) is 0 Å². The maximum Gasteiger partial charge on any atom is 0.123 e. The van der Waals surface area contributed by atoms with Crippen LogP contribution < -0.4 is 10.2 Å². The molecule has 1 unspecified atom stereocenters. The number of thioether (sulfide) groups is 1. The largest absolute Gasteiger partial charge is 0.367 e. The lowest BCUT2D eigenvalue weighted by Gasteiger charge is -2.36. The molecule has 0 radical (unpaired) electrons. The summed E-state index contributed by atoms with van der Waals surface area (Å²) in [5.74, 6) is 2.16. The van der Waals surface area contributed by atoms with Crippen LogP contribution in [0.15, 0.2) is 18.2 Å². The monoisotopic (exact) mass is 268 g/mol. The summed E-state index contributed by atoms with van der Waals surface area (Å²) in [5, 5.41) is 3.29. The highest BCUT2D eigenvalue weighted by Crippen LogP contribution is 2.27. The van der Waals surface area contributed by atoms with Gasteiger partial charge in [-0.2, -0.15) is 11.8 Å². The number of nitrogens with zero attached hydrogens (tertiary/aromatic N) is 1. The molecule has 0 amide bonds. The molecule has 18 heavy (non-hydrogen) atoms. The highest BCUT2D eigenvalue weighted by molar-refractivity contribution is 7.99. The number of hydrogen-bond acceptors (Lipinski definition) is 3. The van der Waals surface area contributed by atoms with Crippen LogP contribution in [0.4, 0.5) is 10.1 Å². The molecule has 1 fully saturated rings. The van der Waals surface area contributed by atoms with Crippen LogP contribution in [0, 0.1) is 5.82 Å². The zero-order valence-electron chi connectivity index (χ0n) is 11.1. The Labute approximate surface area is 113 Å². The van der Waals surface area contributed by atoms with Gasteiger partial charge in [-0.25, -0.2) is 4.39 Å². The summed E-state index contributed by atoms with van der Waals surface area (Å²) in [7, 11) is 0. The summed E-state index contributed by atoms with van der Waals surface area (Å²) in [6.07, 6.45) is 0. The van der Waals surface area contributed by atoms with Crippen molar-refractivity contribution in [2.45, 2.75) is 26.4 Å². The Balaban J connectivity index is 2.24. The number of hydrogen-bond donors (Lipinski definition) is 1. The fourth-order valence-corrected chi connectivity index (χ4v) is 3.33. The first-order chi connectivity index (χ1) is 8.72. The van der Waals surface area contributed by atoms with Gasteiger partial charge in [0.15, 0.2) is 0 Å². The quantitative estimate of drug-likeness (QED) is 0.904. The molecule has 1 atom stereocenters. The van der Waals surface area contributed by atoms with E-state index in [4.69, 9.17) is 0 Å². The Hall–Kier alpha value is -0.740. The van der Waals surface area contributed by atoms with Gasteiger partial charge in [-0.1, -0.05) is 6.92 Å². The summed E-state index contributed by atoms with van der Waals surface area (Å²) < 4.78 is 13.4. The van der Waals surface area contributed by atoms with E-state index in [0.717, 1.165) is 36.7 Å². The van der Waals surface area contributed by atoms with Gasteiger partial charge in [0.1, 0.15) is 5.82 Å². The SMILES string of the molecule is CCNCc1cc(F)ccc1N1CCSCC1C. The zero-order valence-corrected chi connectivity index (χ0v) is 11.9. The zero-order chi connectivity index (χ0) is 13.0. The molecule has 0 aromatic heterocycles. The molecule has 0 bridgehead atoms. The molecule has 1 saturated heterocycles. The normalized spacial score (nSPS) is 20.2. The van der Waals surface area contributed by atoms with Gasteiger partial charge in [0.05, 0.1) is 0 Å². The second kappa shape index (κ2) is 6.43. The highest BCUT2D eigenvalue weighted by Gasteiger charge is 2.21. The summed E-state index contributed by atoms with van der Waals surface area (Å²) in [6, 6.07) is 5.68. The van der Waals surface area contributed by atoms with Gasteiger partial charge in [0.25, 0.3) is 0 Å². The third-order valence-electron chi connectivity index (χ3n) is 3.28. The van der Waals surface area contributed by atoms with E-state index in [2.05, 4.69) is 24.1 Å². The summed E-state index contributed by atoms with van der Waals surface area (Å²) in [4.78, 5) is 2.41. The lowest BCUT2D eigenvalue weighted by molar-refractivity contribution is 0.618. The second-order valence-corrected chi connectivity index (χ2v) is 5.82. The first kappa shape index (κ1) is 13.7. The number of rotatable bonds is 4. The summed E-state index contributed by atoms with van der Waals surface area (Å²) in [6.45, 7) is 7.00. The Bertz CT molecular complexity index is 397. The van der Waals surface area contributed by atoms with Gasteiger partial charge >= 0.3 is 0 Å². The topological polar surface area (TPSA) is 15.3 Å². The predicted octanol–water partition coefficient (Wildman–Crippen LogP) is 2.88. The van der Waals surface area contributed by atoms with Crippen molar-refractivity contribution in [3.63, 3.8) is 0 Å². The van der Waals surface area contributed by atoms with Gasteiger partial charge in [-0.05, 0) is 37.2 Å². The van der Waals surface area contributed by atoms with E-state index in [1.54, 1.807) is 12.1 Å². The van der Waals surface area contributed by atoms with Gasteiger partial charge in [0, 0.05) is 36.3 Å². The maximum absolute atomic E-state index is 13.4. The van der Waals surface area contributed by atoms with E-state index in [1.807, 2.05) is 17.8 Å². The third kappa shape index (κ3) is 3.18. The van der Waals surface area contributed by atoms with Crippen molar-refractivity contribution in [3.05, 3.63) is 29.6 Å². The smallest absolute Gasteiger partial charge is 0.123 e. The first-order valence-electron chi connectivity index (χ1n) is 6.56. The molecule has 1 N–H and O–H groups in total. The average Bonchev–Trinajstić information content (AvgIpc) is 2.37. The summed E-state index contributed by atoms with van der Waals surface area (Å²) in [5.41, 5.74) is 2.25. The Morgan fingerprint density at radius 3 is 3.06 bits per heavy atom. The molecule has 1 aromatic rings. The number of anilines is 1. The maximum atomic E-state index is 13.4. The fraction of sp³-hybridized carbons (Fsp3) is 0.571.